The van der Waals surface area contributed by atoms with E-state index in [1.54, 1.807) is 0 Å². The van der Waals surface area contributed by atoms with Gasteiger partial charge in [-0.05, 0) is 68.3 Å². The number of carbonyl (C=O) groups is 2. The Hall–Kier alpha value is -2.08. The number of piperidine rings is 1. The summed E-state index contributed by atoms with van der Waals surface area (Å²) in [5.74, 6) is 0.349. The minimum atomic E-state index is -0.384. The molecule has 3 aliphatic rings. The van der Waals surface area contributed by atoms with E-state index in [0.29, 0.717) is 17.9 Å². The van der Waals surface area contributed by atoms with E-state index < -0.39 is 0 Å². The summed E-state index contributed by atoms with van der Waals surface area (Å²) < 4.78 is 0. The number of hydrogen-bond acceptors (Lipinski definition) is 4. The van der Waals surface area contributed by atoms with E-state index in [0.717, 1.165) is 68.8 Å². The van der Waals surface area contributed by atoms with Gasteiger partial charge in [-0.2, -0.15) is 0 Å². The standard InChI is InChI=1S/C19H26N4O2/c20-19(25)15-9-14-13(12-3-5-21-6-4-12)10-18(24)22-16(14)11-17(15)23-7-1-2-8-23/h9,11-13,21H,1-8,10H2,(H2,20,25)(H,22,24). The molecule has 0 bridgehead atoms. The zero-order valence-electron chi connectivity index (χ0n) is 14.5. The Morgan fingerprint density at radius 1 is 1.16 bits per heavy atom. The van der Waals surface area contributed by atoms with Crippen molar-refractivity contribution in [2.45, 2.75) is 38.0 Å². The minimum Gasteiger partial charge on any atom is -0.371 e. The van der Waals surface area contributed by atoms with Crippen molar-refractivity contribution in [3.8, 4) is 0 Å². The molecule has 2 fully saturated rings. The van der Waals surface area contributed by atoms with Crippen molar-refractivity contribution in [2.75, 3.05) is 36.4 Å². The van der Waals surface area contributed by atoms with Gasteiger partial charge in [0.15, 0.2) is 0 Å². The molecule has 3 heterocycles. The first-order valence-corrected chi connectivity index (χ1v) is 9.37. The van der Waals surface area contributed by atoms with E-state index in [2.05, 4.69) is 15.5 Å². The van der Waals surface area contributed by atoms with Crippen molar-refractivity contribution in [1.29, 1.82) is 0 Å². The quantitative estimate of drug-likeness (QED) is 0.782. The van der Waals surface area contributed by atoms with Crippen molar-refractivity contribution in [3.05, 3.63) is 23.3 Å². The molecule has 0 saturated carbocycles. The van der Waals surface area contributed by atoms with Crippen molar-refractivity contribution < 1.29 is 9.59 Å². The molecule has 1 unspecified atom stereocenters. The third-order valence-electron chi connectivity index (χ3n) is 5.91. The van der Waals surface area contributed by atoms with Crippen LogP contribution in [0.5, 0.6) is 0 Å². The lowest BCUT2D eigenvalue weighted by atomic mass is 9.75. The number of carbonyl (C=O) groups excluding carboxylic acids is 2. The Labute approximate surface area is 148 Å². The lowest BCUT2D eigenvalue weighted by Gasteiger charge is -2.35. The molecule has 0 radical (unpaired) electrons. The summed E-state index contributed by atoms with van der Waals surface area (Å²) in [4.78, 5) is 26.6. The lowest BCUT2D eigenvalue weighted by molar-refractivity contribution is -0.117. The summed E-state index contributed by atoms with van der Waals surface area (Å²) in [6, 6.07) is 3.93. The zero-order valence-corrected chi connectivity index (χ0v) is 14.5. The number of primary amides is 1. The molecular formula is C19H26N4O2. The molecule has 6 heteroatoms. The highest BCUT2D eigenvalue weighted by Gasteiger charge is 2.34. The van der Waals surface area contributed by atoms with Crippen LogP contribution in [0.15, 0.2) is 12.1 Å². The van der Waals surface area contributed by atoms with E-state index in [9.17, 15) is 9.59 Å². The fourth-order valence-corrected chi connectivity index (χ4v) is 4.62. The molecule has 25 heavy (non-hydrogen) atoms. The van der Waals surface area contributed by atoms with Gasteiger partial charge >= 0.3 is 0 Å². The van der Waals surface area contributed by atoms with Crippen LogP contribution in [0.25, 0.3) is 0 Å². The number of nitrogens with one attached hydrogen (secondary N) is 2. The number of benzene rings is 1. The number of hydrogen-bond donors (Lipinski definition) is 3. The molecule has 1 aromatic carbocycles. The van der Waals surface area contributed by atoms with Gasteiger partial charge in [-0.25, -0.2) is 0 Å². The number of anilines is 2. The fraction of sp³-hybridized carbons (Fsp3) is 0.579. The maximum Gasteiger partial charge on any atom is 0.250 e. The van der Waals surface area contributed by atoms with Crippen molar-refractivity contribution in [2.24, 2.45) is 11.7 Å². The van der Waals surface area contributed by atoms with Crippen LogP contribution in [0.1, 0.15) is 53.9 Å². The van der Waals surface area contributed by atoms with Crippen molar-refractivity contribution in [3.63, 3.8) is 0 Å². The third kappa shape index (κ3) is 3.11. The van der Waals surface area contributed by atoms with E-state index in [1.165, 1.54) is 0 Å². The van der Waals surface area contributed by atoms with Gasteiger partial charge in [0.1, 0.15) is 0 Å². The lowest BCUT2D eigenvalue weighted by Crippen LogP contribution is -2.35. The average molecular weight is 342 g/mol. The minimum absolute atomic E-state index is 0.0789. The van der Waals surface area contributed by atoms with Crippen LogP contribution in [0.4, 0.5) is 11.4 Å². The van der Waals surface area contributed by atoms with Crippen LogP contribution in [-0.2, 0) is 4.79 Å². The maximum atomic E-state index is 12.3. The van der Waals surface area contributed by atoms with E-state index >= 15 is 0 Å². The summed E-state index contributed by atoms with van der Waals surface area (Å²) in [5.41, 5.74) is 9.12. The molecule has 2 saturated heterocycles. The van der Waals surface area contributed by atoms with E-state index in [4.69, 9.17) is 5.73 Å². The first kappa shape index (κ1) is 16.4. The van der Waals surface area contributed by atoms with Gasteiger partial charge in [-0.1, -0.05) is 0 Å². The van der Waals surface area contributed by atoms with Crippen molar-refractivity contribution >= 4 is 23.2 Å². The molecule has 134 valence electrons. The maximum absolute atomic E-state index is 12.3. The van der Waals surface area contributed by atoms with Crippen LogP contribution in [0, 0.1) is 5.92 Å². The predicted octanol–water partition coefficient (Wildman–Crippen LogP) is 1.81. The monoisotopic (exact) mass is 342 g/mol. The SMILES string of the molecule is NC(=O)c1cc2c(cc1N1CCCC1)NC(=O)CC2C1CCNCC1. The van der Waals surface area contributed by atoms with Gasteiger partial charge in [0, 0.05) is 25.2 Å². The van der Waals surface area contributed by atoms with Crippen LogP contribution in [0.2, 0.25) is 0 Å². The number of nitrogens with two attached hydrogens (primary N) is 1. The Balaban J connectivity index is 1.76. The van der Waals surface area contributed by atoms with E-state index in [-0.39, 0.29) is 17.7 Å². The van der Waals surface area contributed by atoms with Gasteiger partial charge in [0.05, 0.1) is 11.3 Å². The first-order chi connectivity index (χ1) is 12.1. The van der Waals surface area contributed by atoms with Crippen LogP contribution >= 0.6 is 0 Å². The summed E-state index contributed by atoms with van der Waals surface area (Å²) in [6.07, 6.45) is 4.88. The molecule has 0 aliphatic carbocycles. The summed E-state index contributed by atoms with van der Waals surface area (Å²) in [5, 5.41) is 6.41. The number of nitrogens with zero attached hydrogens (tertiary/aromatic N) is 1. The molecule has 6 nitrogen and oxygen atoms in total. The van der Waals surface area contributed by atoms with Crippen LogP contribution in [-0.4, -0.2) is 38.0 Å². The number of rotatable bonds is 3. The normalized spacial score (nSPS) is 24.1. The smallest absolute Gasteiger partial charge is 0.250 e. The van der Waals surface area contributed by atoms with Crippen molar-refractivity contribution in [1.82, 2.24) is 5.32 Å². The molecule has 0 spiro atoms. The summed E-state index contributed by atoms with van der Waals surface area (Å²) >= 11 is 0. The third-order valence-corrected chi connectivity index (χ3v) is 5.91. The molecule has 2 amide bonds. The van der Waals surface area contributed by atoms with Gasteiger partial charge in [-0.15, -0.1) is 0 Å². The largest absolute Gasteiger partial charge is 0.371 e. The van der Waals surface area contributed by atoms with Gasteiger partial charge < -0.3 is 21.3 Å². The highest BCUT2D eigenvalue weighted by molar-refractivity contribution is 6.02. The molecule has 4 rings (SSSR count). The Morgan fingerprint density at radius 3 is 2.56 bits per heavy atom. The van der Waals surface area contributed by atoms with Crippen LogP contribution < -0.4 is 21.3 Å². The average Bonchev–Trinajstić information content (AvgIpc) is 3.15. The second kappa shape index (κ2) is 6.67. The first-order valence-electron chi connectivity index (χ1n) is 9.37. The number of amides is 2. The molecule has 1 aromatic rings. The Kier molecular flexibility index (Phi) is 4.37. The highest BCUT2D eigenvalue weighted by Crippen LogP contribution is 2.43. The van der Waals surface area contributed by atoms with E-state index in [1.807, 2.05) is 12.1 Å². The molecule has 1 atom stereocenters. The second-order valence-electron chi connectivity index (χ2n) is 7.46. The Morgan fingerprint density at radius 2 is 1.88 bits per heavy atom. The summed E-state index contributed by atoms with van der Waals surface area (Å²) in [6.45, 7) is 3.86. The topological polar surface area (TPSA) is 87.5 Å². The molecule has 4 N–H and O–H groups in total. The van der Waals surface area contributed by atoms with Gasteiger partial charge in [-0.3, -0.25) is 9.59 Å². The Bertz CT molecular complexity index is 691. The highest BCUT2D eigenvalue weighted by atomic mass is 16.2. The fourth-order valence-electron chi connectivity index (χ4n) is 4.62. The second-order valence-corrected chi connectivity index (χ2v) is 7.46. The number of fused-ring (bicyclic) bond motifs is 1. The molecule has 3 aliphatic heterocycles. The van der Waals surface area contributed by atoms with Crippen LogP contribution in [0.3, 0.4) is 0 Å². The zero-order chi connectivity index (χ0) is 17.4. The molecule has 0 aromatic heterocycles. The van der Waals surface area contributed by atoms with Gasteiger partial charge in [0.25, 0.3) is 5.91 Å². The van der Waals surface area contributed by atoms with Gasteiger partial charge in [0.2, 0.25) is 5.91 Å². The predicted molar refractivity (Wildman–Crippen MR) is 98.0 cm³/mol. The summed E-state index contributed by atoms with van der Waals surface area (Å²) in [7, 11) is 0. The molecular weight excluding hydrogens is 316 g/mol.